The first-order valence-corrected chi connectivity index (χ1v) is 8.95. The van der Waals surface area contributed by atoms with Gasteiger partial charge in [0.25, 0.3) is 0 Å². The average Bonchev–Trinajstić information content (AvgIpc) is 2.32. The van der Waals surface area contributed by atoms with Gasteiger partial charge in [0.2, 0.25) is 11.8 Å². The lowest BCUT2D eigenvalue weighted by Crippen LogP contribution is -2.52. The van der Waals surface area contributed by atoms with E-state index in [1.165, 1.54) is 4.90 Å². The van der Waals surface area contributed by atoms with E-state index in [9.17, 15) is 18.0 Å². The van der Waals surface area contributed by atoms with Crippen molar-refractivity contribution in [2.45, 2.75) is 38.8 Å². The lowest BCUT2D eigenvalue weighted by molar-refractivity contribution is -0.135. The molecule has 0 spiro atoms. The molecule has 21 heavy (non-hydrogen) atoms. The van der Waals surface area contributed by atoms with E-state index in [-0.39, 0.29) is 24.0 Å². The third-order valence-corrected chi connectivity index (χ3v) is 3.88. The Morgan fingerprint density at radius 3 is 2.14 bits per heavy atom. The number of hydrogen-bond acceptors (Lipinski definition) is 5. The molecule has 0 aliphatic carbocycles. The molecule has 0 saturated heterocycles. The molecule has 0 saturated carbocycles. The van der Waals surface area contributed by atoms with Crippen molar-refractivity contribution in [2.24, 2.45) is 11.7 Å². The molecule has 0 aromatic carbocycles. The number of rotatable bonds is 8. The molecule has 2 amide bonds. The first-order chi connectivity index (χ1) is 9.44. The zero-order valence-electron chi connectivity index (χ0n) is 13.4. The van der Waals surface area contributed by atoms with Crippen molar-refractivity contribution in [3.05, 3.63) is 0 Å². The van der Waals surface area contributed by atoms with Crippen LogP contribution in [0.15, 0.2) is 0 Å². The minimum Gasteiger partial charge on any atom is -0.347 e. The van der Waals surface area contributed by atoms with E-state index < -0.39 is 27.8 Å². The number of carbonyl (C=O) groups is 2. The third-order valence-electron chi connectivity index (χ3n) is 2.90. The predicted octanol–water partition coefficient (Wildman–Crippen LogP) is -0.632. The molecular formula is C13H27N3O4S. The van der Waals surface area contributed by atoms with Crippen LogP contribution in [0.3, 0.4) is 0 Å². The summed E-state index contributed by atoms with van der Waals surface area (Å²) in [7, 11) is 0.0678. The maximum atomic E-state index is 12.0. The summed E-state index contributed by atoms with van der Waals surface area (Å²) < 4.78 is 22.2. The molecule has 0 radical (unpaired) electrons. The van der Waals surface area contributed by atoms with Crippen LogP contribution < -0.4 is 11.1 Å². The van der Waals surface area contributed by atoms with Gasteiger partial charge in [0, 0.05) is 20.4 Å². The summed E-state index contributed by atoms with van der Waals surface area (Å²) in [5.74, 6) is -0.628. The summed E-state index contributed by atoms with van der Waals surface area (Å²) in [5.41, 5.74) is 5.68. The monoisotopic (exact) mass is 321 g/mol. The Labute approximate surface area is 127 Å². The van der Waals surface area contributed by atoms with Crippen molar-refractivity contribution in [3.63, 3.8) is 0 Å². The molecule has 0 heterocycles. The maximum absolute atomic E-state index is 12.0. The number of amides is 2. The van der Waals surface area contributed by atoms with Gasteiger partial charge in [-0.25, -0.2) is 8.42 Å². The first kappa shape index (κ1) is 19.9. The molecule has 124 valence electrons. The fraction of sp³-hybridized carbons (Fsp3) is 0.846. The smallest absolute Gasteiger partial charge is 0.244 e. The standard InChI is InChI=1S/C13H27N3O4S/c1-9(2)8-11(13(18)16(3)4)15-12(17)10(14)6-7-21(5,19)20/h9-11H,6-8,14H2,1-5H3,(H,15,17). The van der Waals surface area contributed by atoms with Crippen LogP contribution in [0.4, 0.5) is 0 Å². The molecule has 0 aliphatic rings. The Balaban J connectivity index is 4.69. The molecule has 7 nitrogen and oxygen atoms in total. The number of carbonyl (C=O) groups excluding carboxylic acids is 2. The molecule has 3 N–H and O–H groups in total. The Hall–Kier alpha value is -1.15. The van der Waals surface area contributed by atoms with Gasteiger partial charge >= 0.3 is 0 Å². The molecule has 0 bridgehead atoms. The van der Waals surface area contributed by atoms with Crippen LogP contribution in [0.5, 0.6) is 0 Å². The van der Waals surface area contributed by atoms with Crippen molar-refractivity contribution < 1.29 is 18.0 Å². The highest BCUT2D eigenvalue weighted by molar-refractivity contribution is 7.90. The van der Waals surface area contributed by atoms with E-state index in [4.69, 9.17) is 5.73 Å². The second kappa shape index (κ2) is 8.33. The highest BCUT2D eigenvalue weighted by Gasteiger charge is 2.26. The van der Waals surface area contributed by atoms with E-state index in [2.05, 4.69) is 5.32 Å². The number of sulfone groups is 1. The SMILES string of the molecule is CC(C)CC(NC(=O)C(N)CCS(C)(=O)=O)C(=O)N(C)C. The summed E-state index contributed by atoms with van der Waals surface area (Å²) in [6.45, 7) is 3.90. The Morgan fingerprint density at radius 2 is 1.76 bits per heavy atom. The van der Waals surface area contributed by atoms with Crippen LogP contribution in [-0.4, -0.2) is 63.3 Å². The van der Waals surface area contributed by atoms with Crippen LogP contribution in [0.2, 0.25) is 0 Å². The quantitative estimate of drug-likeness (QED) is 0.618. The predicted molar refractivity (Wildman–Crippen MR) is 82.4 cm³/mol. The largest absolute Gasteiger partial charge is 0.347 e. The van der Waals surface area contributed by atoms with Gasteiger partial charge in [0.15, 0.2) is 0 Å². The molecule has 0 fully saturated rings. The van der Waals surface area contributed by atoms with Gasteiger partial charge < -0.3 is 16.0 Å². The van der Waals surface area contributed by atoms with E-state index in [0.29, 0.717) is 6.42 Å². The zero-order chi connectivity index (χ0) is 16.8. The summed E-state index contributed by atoms with van der Waals surface area (Å²) in [6.07, 6.45) is 1.63. The van der Waals surface area contributed by atoms with Crippen LogP contribution in [0.25, 0.3) is 0 Å². The zero-order valence-corrected chi connectivity index (χ0v) is 14.2. The molecule has 0 aliphatic heterocycles. The Morgan fingerprint density at radius 1 is 1.24 bits per heavy atom. The summed E-state index contributed by atoms with van der Waals surface area (Å²) in [4.78, 5) is 25.4. The lowest BCUT2D eigenvalue weighted by atomic mass is 10.0. The third kappa shape index (κ3) is 8.67. The van der Waals surface area contributed by atoms with Gasteiger partial charge in [0.05, 0.1) is 11.8 Å². The maximum Gasteiger partial charge on any atom is 0.244 e. The first-order valence-electron chi connectivity index (χ1n) is 6.89. The van der Waals surface area contributed by atoms with Gasteiger partial charge in [-0.3, -0.25) is 9.59 Å². The lowest BCUT2D eigenvalue weighted by Gasteiger charge is -2.24. The molecule has 0 aromatic heterocycles. The average molecular weight is 321 g/mol. The van der Waals surface area contributed by atoms with E-state index in [1.807, 2.05) is 13.8 Å². The number of nitrogens with two attached hydrogens (primary N) is 1. The van der Waals surface area contributed by atoms with Gasteiger partial charge in [-0.1, -0.05) is 13.8 Å². The highest BCUT2D eigenvalue weighted by atomic mass is 32.2. The fourth-order valence-corrected chi connectivity index (χ4v) is 2.44. The second-order valence-corrected chi connectivity index (χ2v) is 8.21. The van der Waals surface area contributed by atoms with Crippen LogP contribution in [-0.2, 0) is 19.4 Å². The number of likely N-dealkylation sites (N-methyl/N-ethyl adjacent to an activating group) is 1. The van der Waals surface area contributed by atoms with Crippen molar-refractivity contribution in [2.75, 3.05) is 26.1 Å². The molecule has 0 aromatic rings. The van der Waals surface area contributed by atoms with Gasteiger partial charge in [-0.2, -0.15) is 0 Å². The Bertz CT molecular complexity index is 460. The van der Waals surface area contributed by atoms with Crippen molar-refractivity contribution in [3.8, 4) is 0 Å². The Kier molecular flexibility index (Phi) is 7.87. The van der Waals surface area contributed by atoms with Crippen LogP contribution in [0.1, 0.15) is 26.7 Å². The van der Waals surface area contributed by atoms with Gasteiger partial charge in [-0.15, -0.1) is 0 Å². The molecular weight excluding hydrogens is 294 g/mol. The van der Waals surface area contributed by atoms with Crippen molar-refractivity contribution in [1.29, 1.82) is 0 Å². The van der Waals surface area contributed by atoms with Gasteiger partial charge in [-0.05, 0) is 18.8 Å². The van der Waals surface area contributed by atoms with Crippen LogP contribution in [0, 0.1) is 5.92 Å². The minimum absolute atomic E-state index is 0.0369. The van der Waals surface area contributed by atoms with E-state index >= 15 is 0 Å². The molecule has 0 rings (SSSR count). The number of hydrogen-bond donors (Lipinski definition) is 2. The van der Waals surface area contributed by atoms with Crippen LogP contribution >= 0.6 is 0 Å². The normalized spacial score (nSPS) is 14.6. The topological polar surface area (TPSA) is 110 Å². The summed E-state index contributed by atoms with van der Waals surface area (Å²) in [6, 6.07) is -1.58. The van der Waals surface area contributed by atoms with E-state index in [0.717, 1.165) is 6.26 Å². The molecule has 8 heteroatoms. The summed E-state index contributed by atoms with van der Waals surface area (Å²) >= 11 is 0. The molecule has 2 atom stereocenters. The van der Waals surface area contributed by atoms with Crippen molar-refractivity contribution in [1.82, 2.24) is 10.2 Å². The minimum atomic E-state index is -3.17. The second-order valence-electron chi connectivity index (χ2n) is 5.95. The summed E-state index contributed by atoms with van der Waals surface area (Å²) in [5, 5.41) is 2.62. The number of nitrogens with one attached hydrogen (secondary N) is 1. The molecule has 2 unspecified atom stereocenters. The highest BCUT2D eigenvalue weighted by Crippen LogP contribution is 2.07. The number of nitrogens with zero attached hydrogens (tertiary/aromatic N) is 1. The fourth-order valence-electron chi connectivity index (χ4n) is 1.76. The van der Waals surface area contributed by atoms with Gasteiger partial charge in [0.1, 0.15) is 15.9 Å². The van der Waals surface area contributed by atoms with Crippen molar-refractivity contribution >= 4 is 21.7 Å². The van der Waals surface area contributed by atoms with E-state index in [1.54, 1.807) is 14.1 Å².